The molecule has 0 spiro atoms. The van der Waals surface area contributed by atoms with Crippen LogP contribution in [0.15, 0.2) is 28.8 Å². The Morgan fingerprint density at radius 2 is 2.20 bits per heavy atom. The Kier molecular flexibility index (Phi) is 4.83. The van der Waals surface area contributed by atoms with Crippen molar-refractivity contribution in [2.24, 2.45) is 0 Å². The van der Waals surface area contributed by atoms with Crippen molar-refractivity contribution < 1.29 is 14.0 Å². The smallest absolute Gasteiger partial charge is 0.133 e. The minimum Gasteiger partial charge on any atom is -0.374 e. The quantitative estimate of drug-likeness (QED) is 0.832. The van der Waals surface area contributed by atoms with Gasteiger partial charge in [-0.1, -0.05) is 11.2 Å². The highest BCUT2D eigenvalue weighted by molar-refractivity contribution is 5.10. The van der Waals surface area contributed by atoms with Crippen LogP contribution in [-0.4, -0.2) is 46.4 Å². The van der Waals surface area contributed by atoms with Gasteiger partial charge >= 0.3 is 0 Å². The SMILES string of the molecule is Cc1cccc(CO[C@H]2CN(Cc3cc(C)on3)[C@@H]3CCCO[C@H]23)n1. The molecule has 0 radical (unpaired) electrons. The maximum Gasteiger partial charge on any atom is 0.133 e. The average molecular weight is 343 g/mol. The predicted octanol–water partition coefficient (Wildman–Crippen LogP) is 2.64. The van der Waals surface area contributed by atoms with E-state index in [1.807, 2.05) is 38.1 Å². The number of hydrogen-bond donors (Lipinski definition) is 0. The van der Waals surface area contributed by atoms with Crippen LogP contribution >= 0.6 is 0 Å². The van der Waals surface area contributed by atoms with Crippen molar-refractivity contribution in [3.05, 3.63) is 47.1 Å². The monoisotopic (exact) mass is 343 g/mol. The van der Waals surface area contributed by atoms with Gasteiger partial charge in [0.1, 0.15) is 11.9 Å². The average Bonchev–Trinajstić information content (AvgIpc) is 3.18. The lowest BCUT2D eigenvalue weighted by Crippen LogP contribution is -2.41. The molecule has 6 nitrogen and oxygen atoms in total. The first-order chi connectivity index (χ1) is 12.2. The van der Waals surface area contributed by atoms with Gasteiger partial charge in [-0.15, -0.1) is 0 Å². The molecule has 0 aliphatic carbocycles. The zero-order valence-electron chi connectivity index (χ0n) is 14.9. The van der Waals surface area contributed by atoms with E-state index < -0.39 is 0 Å². The summed E-state index contributed by atoms with van der Waals surface area (Å²) in [5.41, 5.74) is 2.96. The molecule has 0 N–H and O–H groups in total. The third-order valence-corrected chi connectivity index (χ3v) is 5.02. The summed E-state index contributed by atoms with van der Waals surface area (Å²) < 4.78 is 17.5. The molecule has 2 aromatic rings. The van der Waals surface area contributed by atoms with Crippen molar-refractivity contribution in [3.63, 3.8) is 0 Å². The van der Waals surface area contributed by atoms with Crippen LogP contribution in [0.4, 0.5) is 0 Å². The summed E-state index contributed by atoms with van der Waals surface area (Å²) in [5, 5.41) is 4.14. The fourth-order valence-electron chi connectivity index (χ4n) is 3.91. The lowest BCUT2D eigenvalue weighted by atomic mass is 10.0. The van der Waals surface area contributed by atoms with Crippen molar-refractivity contribution in [3.8, 4) is 0 Å². The summed E-state index contributed by atoms with van der Waals surface area (Å²) in [5.74, 6) is 0.851. The van der Waals surface area contributed by atoms with Gasteiger partial charge in [0, 0.05) is 37.5 Å². The van der Waals surface area contributed by atoms with Gasteiger partial charge in [-0.05, 0) is 38.8 Å². The number of pyridine rings is 1. The molecule has 2 aromatic heterocycles. The molecule has 3 atom stereocenters. The Morgan fingerprint density at radius 3 is 3.00 bits per heavy atom. The van der Waals surface area contributed by atoms with Crippen LogP contribution in [0.25, 0.3) is 0 Å². The molecule has 0 saturated carbocycles. The molecule has 0 unspecified atom stereocenters. The van der Waals surface area contributed by atoms with Crippen LogP contribution in [-0.2, 0) is 22.6 Å². The summed E-state index contributed by atoms with van der Waals surface area (Å²) in [6.45, 7) is 6.91. The summed E-state index contributed by atoms with van der Waals surface area (Å²) in [6.07, 6.45) is 2.44. The van der Waals surface area contributed by atoms with Crippen LogP contribution in [0, 0.1) is 13.8 Å². The Morgan fingerprint density at radius 1 is 1.28 bits per heavy atom. The number of fused-ring (bicyclic) bond motifs is 1. The van der Waals surface area contributed by atoms with Crippen LogP contribution in [0.1, 0.15) is 35.7 Å². The van der Waals surface area contributed by atoms with Gasteiger partial charge in [-0.25, -0.2) is 0 Å². The van der Waals surface area contributed by atoms with Gasteiger partial charge in [-0.2, -0.15) is 0 Å². The summed E-state index contributed by atoms with van der Waals surface area (Å²) in [4.78, 5) is 6.95. The van der Waals surface area contributed by atoms with Crippen molar-refractivity contribution >= 4 is 0 Å². The molecule has 2 saturated heterocycles. The maximum atomic E-state index is 6.21. The molecular formula is C19H25N3O3. The number of rotatable bonds is 5. The van der Waals surface area contributed by atoms with E-state index in [-0.39, 0.29) is 12.2 Å². The van der Waals surface area contributed by atoms with E-state index in [4.69, 9.17) is 14.0 Å². The second kappa shape index (κ2) is 7.23. The zero-order chi connectivity index (χ0) is 17.2. The lowest BCUT2D eigenvalue weighted by molar-refractivity contribution is -0.0824. The fraction of sp³-hybridized carbons (Fsp3) is 0.579. The number of aryl methyl sites for hydroxylation is 2. The first-order valence-corrected chi connectivity index (χ1v) is 9.01. The first kappa shape index (κ1) is 16.7. The molecule has 2 fully saturated rings. The normalized spacial score (nSPS) is 26.7. The Bertz CT molecular complexity index is 717. The molecule has 134 valence electrons. The van der Waals surface area contributed by atoms with Crippen LogP contribution in [0.5, 0.6) is 0 Å². The highest BCUT2D eigenvalue weighted by atomic mass is 16.5. The fourth-order valence-corrected chi connectivity index (χ4v) is 3.91. The molecule has 6 heteroatoms. The Balaban J connectivity index is 1.43. The highest BCUT2D eigenvalue weighted by Crippen LogP contribution is 2.32. The molecule has 4 heterocycles. The van der Waals surface area contributed by atoms with Crippen molar-refractivity contribution in [1.82, 2.24) is 15.0 Å². The van der Waals surface area contributed by atoms with Gasteiger partial charge in [0.2, 0.25) is 0 Å². The molecule has 0 bridgehead atoms. The standard InChI is InChI=1S/C19H25N3O3/c1-13-5-3-6-15(20-13)12-24-18-11-22(10-16-9-14(2)25-21-16)17-7-4-8-23-19(17)18/h3,5-6,9,17-19H,4,7-8,10-12H2,1-2H3/t17-,18+,19+/m1/s1. The second-order valence-electron chi connectivity index (χ2n) is 7.02. The molecule has 4 rings (SSSR count). The minimum absolute atomic E-state index is 0.0700. The van der Waals surface area contributed by atoms with Crippen molar-refractivity contribution in [2.45, 2.75) is 58.1 Å². The van der Waals surface area contributed by atoms with E-state index in [0.29, 0.717) is 12.6 Å². The first-order valence-electron chi connectivity index (χ1n) is 9.01. The second-order valence-corrected chi connectivity index (χ2v) is 7.02. The van der Waals surface area contributed by atoms with E-state index in [2.05, 4.69) is 15.0 Å². The number of nitrogens with zero attached hydrogens (tertiary/aromatic N) is 3. The molecular weight excluding hydrogens is 318 g/mol. The lowest BCUT2D eigenvalue weighted by Gasteiger charge is -2.32. The predicted molar refractivity (Wildman–Crippen MR) is 92.0 cm³/mol. The van der Waals surface area contributed by atoms with E-state index in [0.717, 1.165) is 55.4 Å². The van der Waals surface area contributed by atoms with Gasteiger partial charge in [-0.3, -0.25) is 9.88 Å². The van der Waals surface area contributed by atoms with Crippen LogP contribution in [0.3, 0.4) is 0 Å². The van der Waals surface area contributed by atoms with Crippen LogP contribution < -0.4 is 0 Å². The van der Waals surface area contributed by atoms with E-state index in [9.17, 15) is 0 Å². The summed E-state index contributed by atoms with van der Waals surface area (Å²) in [7, 11) is 0. The zero-order valence-corrected chi connectivity index (χ0v) is 14.9. The maximum absolute atomic E-state index is 6.21. The molecule has 2 aliphatic rings. The van der Waals surface area contributed by atoms with E-state index in [1.165, 1.54) is 0 Å². The molecule has 25 heavy (non-hydrogen) atoms. The third-order valence-electron chi connectivity index (χ3n) is 5.02. The number of aromatic nitrogens is 2. The third kappa shape index (κ3) is 3.76. The van der Waals surface area contributed by atoms with Gasteiger partial charge in [0.25, 0.3) is 0 Å². The Hall–Kier alpha value is -1.76. The van der Waals surface area contributed by atoms with Crippen molar-refractivity contribution in [2.75, 3.05) is 13.2 Å². The number of hydrogen-bond acceptors (Lipinski definition) is 6. The topological polar surface area (TPSA) is 60.6 Å². The van der Waals surface area contributed by atoms with Crippen molar-refractivity contribution in [1.29, 1.82) is 0 Å². The number of likely N-dealkylation sites (tertiary alicyclic amines) is 1. The molecule has 2 aliphatic heterocycles. The van der Waals surface area contributed by atoms with E-state index >= 15 is 0 Å². The summed E-state index contributed by atoms with van der Waals surface area (Å²) in [6, 6.07) is 8.43. The van der Waals surface area contributed by atoms with Gasteiger partial charge in [0.15, 0.2) is 0 Å². The number of ether oxygens (including phenoxy) is 2. The van der Waals surface area contributed by atoms with Crippen LogP contribution in [0.2, 0.25) is 0 Å². The van der Waals surface area contributed by atoms with E-state index in [1.54, 1.807) is 0 Å². The Labute approximate surface area is 148 Å². The minimum atomic E-state index is 0.0700. The molecule has 0 amide bonds. The van der Waals surface area contributed by atoms with Gasteiger partial charge < -0.3 is 14.0 Å². The highest BCUT2D eigenvalue weighted by Gasteiger charge is 2.44. The van der Waals surface area contributed by atoms with Gasteiger partial charge in [0.05, 0.1) is 24.1 Å². The largest absolute Gasteiger partial charge is 0.374 e. The molecule has 0 aromatic carbocycles. The summed E-state index contributed by atoms with van der Waals surface area (Å²) >= 11 is 0.